The van der Waals surface area contributed by atoms with Gasteiger partial charge in [-0.1, -0.05) is 19.9 Å². The van der Waals surface area contributed by atoms with Crippen LogP contribution < -0.4 is 5.73 Å². The van der Waals surface area contributed by atoms with Crippen molar-refractivity contribution in [3.8, 4) is 0 Å². The summed E-state index contributed by atoms with van der Waals surface area (Å²) in [5.41, 5.74) is 7.70. The van der Waals surface area contributed by atoms with Gasteiger partial charge in [0.25, 0.3) is 0 Å². The number of carbonyl (C=O) groups excluding carboxylic acids is 1. The maximum atomic E-state index is 12.9. The first kappa shape index (κ1) is 28.2. The lowest BCUT2D eigenvalue weighted by Gasteiger charge is -2.34. The van der Waals surface area contributed by atoms with E-state index in [1.807, 2.05) is 14.1 Å². The molecule has 2 aromatic rings. The van der Waals surface area contributed by atoms with Crippen LogP contribution in [-0.4, -0.2) is 82.1 Å². The topological polar surface area (TPSA) is 120 Å². The number of rotatable bonds is 13. The quantitative estimate of drug-likeness (QED) is 0.320. The molecule has 2 aromatic heterocycles. The molecule has 0 bridgehead atoms. The molecule has 3 heterocycles. The largest absolute Gasteiger partial charge is 0.491 e. The van der Waals surface area contributed by atoms with Gasteiger partial charge in [0.1, 0.15) is 23.9 Å². The second-order valence-electron chi connectivity index (χ2n) is 9.18. The minimum absolute atomic E-state index is 0.0387. The van der Waals surface area contributed by atoms with Crippen LogP contribution in [0.3, 0.4) is 0 Å². The van der Waals surface area contributed by atoms with Gasteiger partial charge >= 0.3 is 0 Å². The number of nitrogens with two attached hydrogens (primary N) is 1. The standard InChI is InChI=1S/C27H39N7O3/c1-5-13-36-19-25-30-16-20(17-31-25)15-23(26-21(6-2)29-18-24(28)32-26)37-14-9-12-34(4)27(35)22-10-7-8-11-33(22)3/h6,15-18,22H,2,5,7-14,19H2,1,3-4H3,(H2,28,32)/b23-15-. The van der Waals surface area contributed by atoms with E-state index < -0.39 is 0 Å². The number of nitrogen functional groups attached to an aromatic ring is 1. The summed E-state index contributed by atoms with van der Waals surface area (Å²) in [6.07, 6.45) is 13.1. The van der Waals surface area contributed by atoms with Gasteiger partial charge in [-0.25, -0.2) is 15.0 Å². The molecule has 10 heteroatoms. The molecule has 10 nitrogen and oxygen atoms in total. The number of likely N-dealkylation sites (N-methyl/N-ethyl adjacent to an activating group) is 2. The minimum Gasteiger partial charge on any atom is -0.491 e. The van der Waals surface area contributed by atoms with Crippen molar-refractivity contribution in [1.29, 1.82) is 0 Å². The summed E-state index contributed by atoms with van der Waals surface area (Å²) in [5, 5.41) is 0. The average molecular weight is 510 g/mol. The lowest BCUT2D eigenvalue weighted by atomic mass is 10.0. The highest BCUT2D eigenvalue weighted by Crippen LogP contribution is 2.22. The van der Waals surface area contributed by atoms with E-state index in [-0.39, 0.29) is 17.8 Å². The van der Waals surface area contributed by atoms with Crippen molar-refractivity contribution in [1.82, 2.24) is 29.7 Å². The molecular formula is C27H39N7O3. The van der Waals surface area contributed by atoms with Gasteiger partial charge in [0.15, 0.2) is 5.82 Å². The predicted octanol–water partition coefficient (Wildman–Crippen LogP) is 3.27. The number of aromatic nitrogens is 4. The van der Waals surface area contributed by atoms with Crippen molar-refractivity contribution in [2.75, 3.05) is 46.1 Å². The molecule has 1 saturated heterocycles. The van der Waals surface area contributed by atoms with Gasteiger partial charge in [-0.05, 0) is 51.4 Å². The summed E-state index contributed by atoms with van der Waals surface area (Å²) >= 11 is 0. The fourth-order valence-electron chi connectivity index (χ4n) is 4.13. The summed E-state index contributed by atoms with van der Waals surface area (Å²) in [4.78, 5) is 34.4. The number of amides is 1. The van der Waals surface area contributed by atoms with Gasteiger partial charge in [-0.2, -0.15) is 0 Å². The Balaban J connectivity index is 1.68. The molecule has 1 atom stereocenters. The van der Waals surface area contributed by atoms with E-state index in [1.165, 1.54) is 6.20 Å². The molecular weight excluding hydrogens is 470 g/mol. The van der Waals surface area contributed by atoms with Crippen molar-refractivity contribution in [2.24, 2.45) is 0 Å². The highest BCUT2D eigenvalue weighted by atomic mass is 16.5. The number of nitrogens with zero attached hydrogens (tertiary/aromatic N) is 6. The first-order chi connectivity index (χ1) is 17.9. The summed E-state index contributed by atoms with van der Waals surface area (Å²) in [6, 6.07) is -0.0387. The number of hydrogen-bond acceptors (Lipinski definition) is 9. The molecule has 1 unspecified atom stereocenters. The first-order valence-corrected chi connectivity index (χ1v) is 12.9. The van der Waals surface area contributed by atoms with E-state index in [0.717, 1.165) is 37.8 Å². The number of carbonyl (C=O) groups is 1. The summed E-state index contributed by atoms with van der Waals surface area (Å²) < 4.78 is 11.7. The Morgan fingerprint density at radius 3 is 2.73 bits per heavy atom. The maximum absolute atomic E-state index is 12.9. The van der Waals surface area contributed by atoms with E-state index in [4.69, 9.17) is 15.2 Å². The molecule has 0 aliphatic carbocycles. The van der Waals surface area contributed by atoms with Gasteiger partial charge in [0.2, 0.25) is 5.91 Å². The van der Waals surface area contributed by atoms with Gasteiger partial charge < -0.3 is 20.1 Å². The Hall–Kier alpha value is -3.37. The zero-order chi connectivity index (χ0) is 26.6. The van der Waals surface area contributed by atoms with Crippen LogP contribution in [0.5, 0.6) is 0 Å². The Bertz CT molecular complexity index is 1060. The Kier molecular flexibility index (Phi) is 11.0. The normalized spacial score (nSPS) is 16.4. The minimum atomic E-state index is -0.0387. The molecule has 200 valence electrons. The van der Waals surface area contributed by atoms with Crippen LogP contribution in [0.2, 0.25) is 0 Å². The molecule has 1 aliphatic heterocycles. The fraction of sp³-hybridized carbons (Fsp3) is 0.519. The summed E-state index contributed by atoms with van der Waals surface area (Å²) in [7, 11) is 3.87. The van der Waals surface area contributed by atoms with E-state index in [2.05, 4.69) is 38.3 Å². The zero-order valence-electron chi connectivity index (χ0n) is 22.2. The summed E-state index contributed by atoms with van der Waals surface area (Å²) in [5.74, 6) is 1.53. The number of likely N-dealkylation sites (tertiary alicyclic amines) is 1. The summed E-state index contributed by atoms with van der Waals surface area (Å²) in [6.45, 7) is 8.85. The number of hydrogen-bond donors (Lipinski definition) is 1. The molecule has 1 amide bonds. The molecule has 0 spiro atoms. The second-order valence-corrected chi connectivity index (χ2v) is 9.18. The fourth-order valence-corrected chi connectivity index (χ4v) is 4.13. The van der Waals surface area contributed by atoms with E-state index in [0.29, 0.717) is 55.8 Å². The molecule has 0 radical (unpaired) electrons. The monoisotopic (exact) mass is 509 g/mol. The van der Waals surface area contributed by atoms with Crippen molar-refractivity contribution in [2.45, 2.75) is 51.7 Å². The smallest absolute Gasteiger partial charge is 0.239 e. The van der Waals surface area contributed by atoms with Crippen molar-refractivity contribution in [3.05, 3.63) is 47.9 Å². The SMILES string of the molecule is C=Cc1ncc(N)nc1/C(=C/c1cnc(COCCC)nc1)OCCCN(C)C(=O)C1CCCCN1C. The molecule has 3 rings (SSSR count). The molecule has 0 saturated carbocycles. The maximum Gasteiger partial charge on any atom is 0.239 e. The van der Waals surface area contributed by atoms with Crippen LogP contribution in [0.1, 0.15) is 61.8 Å². The first-order valence-electron chi connectivity index (χ1n) is 12.9. The van der Waals surface area contributed by atoms with E-state index in [9.17, 15) is 4.79 Å². The van der Waals surface area contributed by atoms with Gasteiger partial charge in [-0.3, -0.25) is 14.7 Å². The third-order valence-corrected chi connectivity index (χ3v) is 6.18. The molecule has 2 N–H and O–H groups in total. The van der Waals surface area contributed by atoms with Gasteiger partial charge in [0, 0.05) is 38.2 Å². The van der Waals surface area contributed by atoms with Crippen molar-refractivity contribution in [3.63, 3.8) is 0 Å². The molecule has 1 fully saturated rings. The van der Waals surface area contributed by atoms with Crippen LogP contribution in [0.4, 0.5) is 5.82 Å². The van der Waals surface area contributed by atoms with Crippen molar-refractivity contribution < 1.29 is 14.3 Å². The Morgan fingerprint density at radius 2 is 2.03 bits per heavy atom. The van der Waals surface area contributed by atoms with E-state index in [1.54, 1.807) is 29.4 Å². The molecule has 1 aliphatic rings. The number of anilines is 1. The molecule has 37 heavy (non-hydrogen) atoms. The van der Waals surface area contributed by atoms with Crippen LogP contribution in [-0.2, 0) is 20.9 Å². The predicted molar refractivity (Wildman–Crippen MR) is 145 cm³/mol. The highest BCUT2D eigenvalue weighted by molar-refractivity contribution is 5.81. The molecule has 0 aromatic carbocycles. The van der Waals surface area contributed by atoms with Gasteiger partial charge in [0.05, 0.1) is 24.5 Å². The Labute approximate surface area is 219 Å². The number of piperidine rings is 1. The van der Waals surface area contributed by atoms with E-state index >= 15 is 0 Å². The third-order valence-electron chi connectivity index (χ3n) is 6.18. The Morgan fingerprint density at radius 1 is 1.24 bits per heavy atom. The highest BCUT2D eigenvalue weighted by Gasteiger charge is 2.28. The third kappa shape index (κ3) is 8.33. The lowest BCUT2D eigenvalue weighted by molar-refractivity contribution is -0.136. The lowest BCUT2D eigenvalue weighted by Crippen LogP contribution is -2.48. The average Bonchev–Trinajstić information content (AvgIpc) is 2.91. The second kappa shape index (κ2) is 14.4. The number of ether oxygens (including phenoxy) is 2. The zero-order valence-corrected chi connectivity index (χ0v) is 22.2. The van der Waals surface area contributed by atoms with Crippen LogP contribution in [0.15, 0.2) is 25.2 Å². The van der Waals surface area contributed by atoms with Gasteiger partial charge in [-0.15, -0.1) is 0 Å². The van der Waals surface area contributed by atoms with Crippen LogP contribution in [0, 0.1) is 0 Å². The van der Waals surface area contributed by atoms with Crippen molar-refractivity contribution >= 4 is 29.6 Å². The van der Waals surface area contributed by atoms with Crippen LogP contribution in [0.25, 0.3) is 17.9 Å². The van der Waals surface area contributed by atoms with Crippen LogP contribution >= 0.6 is 0 Å².